The van der Waals surface area contributed by atoms with Crippen LogP contribution in [-0.2, 0) is 4.74 Å². The molecule has 0 aliphatic carbocycles. The summed E-state index contributed by atoms with van der Waals surface area (Å²) in [6, 6.07) is 0. The molecule has 0 amide bonds. The first kappa shape index (κ1) is 15.9. The fourth-order valence-electron chi connectivity index (χ4n) is 2.83. The minimum absolute atomic E-state index is 0.389. The predicted molar refractivity (Wildman–Crippen MR) is 78.0 cm³/mol. The van der Waals surface area contributed by atoms with Gasteiger partial charge in [-0.25, -0.2) is 0 Å². The molecule has 1 aliphatic heterocycles. The Morgan fingerprint density at radius 2 is 2.17 bits per heavy atom. The van der Waals surface area contributed by atoms with Crippen LogP contribution in [0.25, 0.3) is 0 Å². The molecule has 3 heteroatoms. The molecule has 1 fully saturated rings. The molecule has 0 aromatic heterocycles. The Labute approximate surface area is 113 Å². The van der Waals surface area contributed by atoms with Crippen LogP contribution in [0, 0.1) is 11.3 Å². The molecule has 2 unspecified atom stereocenters. The fourth-order valence-corrected chi connectivity index (χ4v) is 2.83. The van der Waals surface area contributed by atoms with Gasteiger partial charge in [-0.3, -0.25) is 0 Å². The Bertz CT molecular complexity index is 217. The van der Waals surface area contributed by atoms with Crippen LogP contribution in [0.4, 0.5) is 0 Å². The van der Waals surface area contributed by atoms with Gasteiger partial charge in [0, 0.05) is 26.2 Å². The van der Waals surface area contributed by atoms with Gasteiger partial charge in [-0.15, -0.1) is 0 Å². The third kappa shape index (κ3) is 5.68. The van der Waals surface area contributed by atoms with E-state index < -0.39 is 0 Å². The zero-order valence-corrected chi connectivity index (χ0v) is 12.8. The smallest absolute Gasteiger partial charge is 0.0506 e. The van der Waals surface area contributed by atoms with Crippen molar-refractivity contribution in [3.63, 3.8) is 0 Å². The van der Waals surface area contributed by atoms with Gasteiger partial charge in [0.05, 0.1) is 6.61 Å². The van der Waals surface area contributed by atoms with Crippen LogP contribution in [0.5, 0.6) is 0 Å². The molecular formula is C15H32N2O. The van der Waals surface area contributed by atoms with E-state index in [9.17, 15) is 0 Å². The lowest BCUT2D eigenvalue weighted by molar-refractivity contribution is 0.0361. The molecule has 1 N–H and O–H groups in total. The summed E-state index contributed by atoms with van der Waals surface area (Å²) in [5.41, 5.74) is 0.389. The molecule has 108 valence electrons. The van der Waals surface area contributed by atoms with Crippen molar-refractivity contribution >= 4 is 0 Å². The molecule has 1 aliphatic rings. The molecule has 0 aromatic rings. The molecular weight excluding hydrogens is 224 g/mol. The van der Waals surface area contributed by atoms with E-state index in [-0.39, 0.29) is 0 Å². The van der Waals surface area contributed by atoms with Gasteiger partial charge >= 0.3 is 0 Å². The second kappa shape index (κ2) is 8.13. The Morgan fingerprint density at radius 3 is 2.72 bits per heavy atom. The number of hydrogen-bond acceptors (Lipinski definition) is 3. The fraction of sp³-hybridized carbons (Fsp3) is 1.00. The minimum atomic E-state index is 0.389. The van der Waals surface area contributed by atoms with E-state index in [1.807, 2.05) is 0 Å². The molecule has 18 heavy (non-hydrogen) atoms. The zero-order valence-electron chi connectivity index (χ0n) is 12.8. The topological polar surface area (TPSA) is 24.5 Å². The third-order valence-corrected chi connectivity index (χ3v) is 4.13. The summed E-state index contributed by atoms with van der Waals surface area (Å²) < 4.78 is 5.57. The van der Waals surface area contributed by atoms with Crippen LogP contribution in [0.3, 0.4) is 0 Å². The average Bonchev–Trinajstić information content (AvgIpc) is 2.37. The number of nitrogens with one attached hydrogen (secondary N) is 1. The lowest BCUT2D eigenvalue weighted by atomic mass is 9.86. The third-order valence-electron chi connectivity index (χ3n) is 4.13. The number of rotatable bonds is 8. The van der Waals surface area contributed by atoms with Crippen molar-refractivity contribution in [1.82, 2.24) is 10.2 Å². The van der Waals surface area contributed by atoms with E-state index in [0.29, 0.717) is 5.41 Å². The predicted octanol–water partition coefficient (Wildman–Crippen LogP) is 2.37. The molecule has 3 nitrogen and oxygen atoms in total. The Kier molecular flexibility index (Phi) is 7.20. The van der Waals surface area contributed by atoms with E-state index in [1.165, 1.54) is 32.4 Å². The van der Waals surface area contributed by atoms with E-state index in [0.717, 1.165) is 32.2 Å². The van der Waals surface area contributed by atoms with Gasteiger partial charge in [0.1, 0.15) is 0 Å². The molecule has 1 rings (SSSR count). The van der Waals surface area contributed by atoms with E-state index in [1.54, 1.807) is 0 Å². The summed E-state index contributed by atoms with van der Waals surface area (Å²) >= 11 is 0. The first-order valence-corrected chi connectivity index (χ1v) is 7.56. The van der Waals surface area contributed by atoms with E-state index in [4.69, 9.17) is 4.74 Å². The number of nitrogens with zero attached hydrogens (tertiary/aromatic N) is 1. The molecule has 2 atom stereocenters. The molecule has 0 spiro atoms. The summed E-state index contributed by atoms with van der Waals surface area (Å²) in [5.74, 6) is 0.740. The summed E-state index contributed by atoms with van der Waals surface area (Å²) in [6.07, 6.45) is 3.80. The largest absolute Gasteiger partial charge is 0.381 e. The van der Waals surface area contributed by atoms with Gasteiger partial charge in [-0.1, -0.05) is 20.8 Å². The number of hydrogen-bond donors (Lipinski definition) is 1. The first-order chi connectivity index (χ1) is 8.59. The van der Waals surface area contributed by atoms with Crippen LogP contribution < -0.4 is 5.32 Å². The van der Waals surface area contributed by atoms with Crippen LogP contribution in [0.1, 0.15) is 40.0 Å². The van der Waals surface area contributed by atoms with Crippen molar-refractivity contribution in [3.8, 4) is 0 Å². The van der Waals surface area contributed by atoms with Gasteiger partial charge in [0.2, 0.25) is 0 Å². The van der Waals surface area contributed by atoms with Crippen molar-refractivity contribution in [2.45, 2.75) is 40.0 Å². The maximum absolute atomic E-state index is 5.57. The zero-order chi connectivity index (χ0) is 13.4. The van der Waals surface area contributed by atoms with Crippen molar-refractivity contribution < 1.29 is 4.74 Å². The Balaban J connectivity index is 2.33. The Morgan fingerprint density at radius 1 is 1.39 bits per heavy atom. The highest BCUT2D eigenvalue weighted by atomic mass is 16.5. The summed E-state index contributed by atoms with van der Waals surface area (Å²) in [4.78, 5) is 2.50. The monoisotopic (exact) mass is 256 g/mol. The van der Waals surface area contributed by atoms with Crippen molar-refractivity contribution in [1.29, 1.82) is 0 Å². The Hall–Kier alpha value is -0.120. The summed E-state index contributed by atoms with van der Waals surface area (Å²) in [5, 5.41) is 3.50. The van der Waals surface area contributed by atoms with Crippen LogP contribution in [0.2, 0.25) is 0 Å². The average molecular weight is 256 g/mol. The van der Waals surface area contributed by atoms with Crippen molar-refractivity contribution in [2.24, 2.45) is 11.3 Å². The maximum Gasteiger partial charge on any atom is 0.0506 e. The maximum atomic E-state index is 5.57. The van der Waals surface area contributed by atoms with Gasteiger partial charge in [0.15, 0.2) is 0 Å². The van der Waals surface area contributed by atoms with Crippen LogP contribution in [-0.4, -0.2) is 51.3 Å². The van der Waals surface area contributed by atoms with Crippen molar-refractivity contribution in [2.75, 3.05) is 46.4 Å². The lowest BCUT2D eigenvalue weighted by Crippen LogP contribution is -2.42. The van der Waals surface area contributed by atoms with Crippen molar-refractivity contribution in [3.05, 3.63) is 0 Å². The molecule has 0 saturated carbocycles. The SMILES string of the molecule is CCNCC(C)(CC)CN(C)CC1CCCOC1. The molecule has 1 saturated heterocycles. The summed E-state index contributed by atoms with van der Waals surface area (Å²) in [7, 11) is 2.26. The highest BCUT2D eigenvalue weighted by molar-refractivity contribution is 4.79. The van der Waals surface area contributed by atoms with Crippen LogP contribution >= 0.6 is 0 Å². The second-order valence-corrected chi connectivity index (χ2v) is 6.22. The number of ether oxygens (including phenoxy) is 1. The van der Waals surface area contributed by atoms with E-state index >= 15 is 0 Å². The molecule has 0 bridgehead atoms. The minimum Gasteiger partial charge on any atom is -0.381 e. The van der Waals surface area contributed by atoms with Gasteiger partial charge in [-0.2, -0.15) is 0 Å². The standard InChI is InChI=1S/C15H32N2O/c1-5-15(3,12-16-6-2)13-17(4)10-14-8-7-9-18-11-14/h14,16H,5-13H2,1-4H3. The highest BCUT2D eigenvalue weighted by Gasteiger charge is 2.25. The van der Waals surface area contributed by atoms with Crippen LogP contribution in [0.15, 0.2) is 0 Å². The molecule has 0 aromatic carbocycles. The van der Waals surface area contributed by atoms with E-state index in [2.05, 4.69) is 38.0 Å². The second-order valence-electron chi connectivity index (χ2n) is 6.22. The van der Waals surface area contributed by atoms with Gasteiger partial charge in [0.25, 0.3) is 0 Å². The lowest BCUT2D eigenvalue weighted by Gasteiger charge is -2.35. The van der Waals surface area contributed by atoms with Gasteiger partial charge < -0.3 is 15.0 Å². The molecule has 0 radical (unpaired) electrons. The highest BCUT2D eigenvalue weighted by Crippen LogP contribution is 2.22. The molecule has 1 heterocycles. The normalized spacial score (nSPS) is 24.2. The summed E-state index contributed by atoms with van der Waals surface area (Å²) in [6.45, 7) is 13.3. The van der Waals surface area contributed by atoms with Gasteiger partial charge in [-0.05, 0) is 44.2 Å². The quantitative estimate of drug-likeness (QED) is 0.721. The first-order valence-electron chi connectivity index (χ1n) is 7.56.